The number of hydrogen-bond donors (Lipinski definition) is 1. The minimum Gasteiger partial charge on any atom is -0.492 e. The van der Waals surface area contributed by atoms with Crippen molar-refractivity contribution in [2.45, 2.75) is 20.0 Å². The van der Waals surface area contributed by atoms with Gasteiger partial charge in [0, 0.05) is 0 Å². The van der Waals surface area contributed by atoms with Gasteiger partial charge in [0.1, 0.15) is 11.5 Å². The highest BCUT2D eigenvalue weighted by Gasteiger charge is 2.37. The maximum absolute atomic E-state index is 12.8. The zero-order valence-corrected chi connectivity index (χ0v) is 16.6. The number of ether oxygens (including phenoxy) is 2. The molecule has 3 rings (SSSR count). The lowest BCUT2D eigenvalue weighted by Crippen LogP contribution is -2.28. The summed E-state index contributed by atoms with van der Waals surface area (Å²) in [5.41, 5.74) is 1.09. The van der Waals surface area contributed by atoms with Crippen molar-refractivity contribution in [3.63, 3.8) is 0 Å². The number of aliphatic carboxylic acids is 1. The molecule has 0 spiro atoms. The van der Waals surface area contributed by atoms with E-state index < -0.39 is 23.2 Å². The second kappa shape index (κ2) is 8.83. The van der Waals surface area contributed by atoms with E-state index in [2.05, 4.69) is 0 Å². The van der Waals surface area contributed by atoms with Crippen LogP contribution < -0.4 is 14.4 Å². The number of carboxylic acids is 1. The molecule has 1 fully saturated rings. The van der Waals surface area contributed by atoms with Gasteiger partial charge in [-0.3, -0.25) is 9.59 Å². The SMILES string of the molecule is CCOc1ccccc1N1C(=O)S/C(=C/c2ccc(OC(C)C(=O)O)cc2)C1=O. The molecule has 1 aliphatic rings. The third kappa shape index (κ3) is 4.60. The molecule has 1 heterocycles. The summed E-state index contributed by atoms with van der Waals surface area (Å²) in [6.07, 6.45) is 0.640. The zero-order chi connectivity index (χ0) is 21.0. The second-order valence-corrected chi connectivity index (χ2v) is 7.08. The third-order valence-electron chi connectivity index (χ3n) is 4.04. The van der Waals surface area contributed by atoms with Gasteiger partial charge in [0.05, 0.1) is 17.2 Å². The van der Waals surface area contributed by atoms with Gasteiger partial charge >= 0.3 is 5.97 Å². The van der Waals surface area contributed by atoms with Crippen LogP contribution in [-0.2, 0) is 9.59 Å². The van der Waals surface area contributed by atoms with Crippen LogP contribution in [0.4, 0.5) is 10.5 Å². The van der Waals surface area contributed by atoms with Crippen LogP contribution >= 0.6 is 11.8 Å². The van der Waals surface area contributed by atoms with Crippen molar-refractivity contribution in [3.8, 4) is 11.5 Å². The summed E-state index contributed by atoms with van der Waals surface area (Å²) in [6, 6.07) is 13.5. The fourth-order valence-electron chi connectivity index (χ4n) is 2.64. The van der Waals surface area contributed by atoms with Crippen LogP contribution in [0.2, 0.25) is 0 Å². The first-order chi connectivity index (χ1) is 13.9. The summed E-state index contributed by atoms with van der Waals surface area (Å²) in [7, 11) is 0. The predicted molar refractivity (Wildman–Crippen MR) is 110 cm³/mol. The van der Waals surface area contributed by atoms with Crippen molar-refractivity contribution in [2.24, 2.45) is 0 Å². The third-order valence-corrected chi connectivity index (χ3v) is 4.91. The Labute approximate surface area is 171 Å². The molecule has 8 heteroatoms. The minimum atomic E-state index is -1.06. The number of thioether (sulfide) groups is 1. The van der Waals surface area contributed by atoms with Gasteiger partial charge in [-0.05, 0) is 61.5 Å². The molecule has 1 unspecified atom stereocenters. The highest BCUT2D eigenvalue weighted by atomic mass is 32.2. The normalized spacial score (nSPS) is 16.2. The minimum absolute atomic E-state index is 0.286. The molecule has 1 N–H and O–H groups in total. The molecule has 1 atom stereocenters. The number of amides is 2. The molecule has 0 aromatic heterocycles. The Kier molecular flexibility index (Phi) is 6.23. The standard InChI is InChI=1S/C21H19NO6S/c1-3-27-17-7-5-4-6-16(17)22-19(23)18(29-21(22)26)12-14-8-10-15(11-9-14)28-13(2)20(24)25/h4-13H,3H2,1-2H3,(H,24,25)/b18-12+. The van der Waals surface area contributed by atoms with Crippen LogP contribution in [0.5, 0.6) is 11.5 Å². The number of para-hydroxylation sites is 2. The number of carbonyl (C=O) groups excluding carboxylic acids is 2. The molecule has 2 aromatic carbocycles. The molecule has 0 aliphatic carbocycles. The van der Waals surface area contributed by atoms with E-state index in [1.165, 1.54) is 6.92 Å². The summed E-state index contributed by atoms with van der Waals surface area (Å²) < 4.78 is 10.8. The van der Waals surface area contributed by atoms with E-state index in [1.807, 2.05) is 6.92 Å². The molecule has 29 heavy (non-hydrogen) atoms. The van der Waals surface area contributed by atoms with Gasteiger partial charge in [-0.1, -0.05) is 24.3 Å². The molecule has 7 nitrogen and oxygen atoms in total. The van der Waals surface area contributed by atoms with Gasteiger partial charge in [-0.2, -0.15) is 0 Å². The summed E-state index contributed by atoms with van der Waals surface area (Å²) in [5, 5.41) is 8.49. The van der Waals surface area contributed by atoms with Crippen LogP contribution in [-0.4, -0.2) is 34.9 Å². The van der Waals surface area contributed by atoms with Crippen molar-refractivity contribution >= 4 is 40.6 Å². The Hall–Kier alpha value is -3.26. The molecule has 2 aromatic rings. The predicted octanol–water partition coefficient (Wildman–Crippen LogP) is 4.18. The molecule has 0 radical (unpaired) electrons. The zero-order valence-electron chi connectivity index (χ0n) is 15.8. The fraction of sp³-hybridized carbons (Fsp3) is 0.190. The molecular formula is C21H19NO6S. The number of rotatable bonds is 7. The number of anilines is 1. The van der Waals surface area contributed by atoms with Crippen molar-refractivity contribution in [1.82, 2.24) is 0 Å². The van der Waals surface area contributed by atoms with Gasteiger partial charge < -0.3 is 14.6 Å². The summed E-state index contributed by atoms with van der Waals surface area (Å²) in [6.45, 7) is 3.68. The van der Waals surface area contributed by atoms with Gasteiger partial charge in [0.15, 0.2) is 6.10 Å². The second-order valence-electron chi connectivity index (χ2n) is 6.09. The molecule has 1 aliphatic heterocycles. The van der Waals surface area contributed by atoms with Crippen molar-refractivity contribution < 1.29 is 29.0 Å². The Morgan fingerprint density at radius 3 is 2.52 bits per heavy atom. The molecule has 1 saturated heterocycles. The van der Waals surface area contributed by atoms with Gasteiger partial charge in [0.2, 0.25) is 0 Å². The monoisotopic (exact) mass is 413 g/mol. The number of carbonyl (C=O) groups is 3. The lowest BCUT2D eigenvalue weighted by molar-refractivity contribution is -0.144. The Balaban J connectivity index is 1.81. The smallest absolute Gasteiger partial charge is 0.344 e. The molecule has 150 valence electrons. The average molecular weight is 413 g/mol. The Morgan fingerprint density at radius 1 is 1.17 bits per heavy atom. The lowest BCUT2D eigenvalue weighted by atomic mass is 10.2. The average Bonchev–Trinajstić information content (AvgIpc) is 2.97. The van der Waals surface area contributed by atoms with Crippen LogP contribution in [0.3, 0.4) is 0 Å². The van der Waals surface area contributed by atoms with Gasteiger partial charge in [0.25, 0.3) is 11.1 Å². The first-order valence-electron chi connectivity index (χ1n) is 8.90. The van der Waals surface area contributed by atoms with E-state index in [1.54, 1.807) is 54.6 Å². The van der Waals surface area contributed by atoms with E-state index in [-0.39, 0.29) is 4.91 Å². The number of carboxylic acid groups (broad SMARTS) is 1. The van der Waals surface area contributed by atoms with Crippen molar-refractivity contribution in [1.29, 1.82) is 0 Å². The summed E-state index contributed by atoms with van der Waals surface area (Å²) in [5.74, 6) is -0.620. The molecule has 0 saturated carbocycles. The number of hydrogen-bond acceptors (Lipinski definition) is 6. The largest absolute Gasteiger partial charge is 0.492 e. The molecular weight excluding hydrogens is 394 g/mol. The topological polar surface area (TPSA) is 93.1 Å². The summed E-state index contributed by atoms with van der Waals surface area (Å²) >= 11 is 0.851. The first kappa shape index (κ1) is 20.5. The van der Waals surface area contributed by atoms with E-state index in [0.29, 0.717) is 29.4 Å². The Bertz CT molecular complexity index is 969. The van der Waals surface area contributed by atoms with E-state index >= 15 is 0 Å². The molecule has 0 bridgehead atoms. The first-order valence-corrected chi connectivity index (χ1v) is 9.71. The van der Waals surface area contributed by atoms with E-state index in [4.69, 9.17) is 14.6 Å². The van der Waals surface area contributed by atoms with E-state index in [0.717, 1.165) is 16.7 Å². The highest BCUT2D eigenvalue weighted by Crippen LogP contribution is 2.39. The fourth-order valence-corrected chi connectivity index (χ4v) is 3.48. The van der Waals surface area contributed by atoms with Crippen LogP contribution in [0, 0.1) is 0 Å². The van der Waals surface area contributed by atoms with Crippen LogP contribution in [0.15, 0.2) is 53.4 Å². The van der Waals surface area contributed by atoms with Gasteiger partial charge in [-0.25, -0.2) is 9.69 Å². The summed E-state index contributed by atoms with van der Waals surface area (Å²) in [4.78, 5) is 37.6. The number of nitrogens with zero attached hydrogens (tertiary/aromatic N) is 1. The van der Waals surface area contributed by atoms with Crippen molar-refractivity contribution in [3.05, 3.63) is 59.0 Å². The Morgan fingerprint density at radius 2 is 1.86 bits per heavy atom. The van der Waals surface area contributed by atoms with Crippen molar-refractivity contribution in [2.75, 3.05) is 11.5 Å². The number of imide groups is 1. The lowest BCUT2D eigenvalue weighted by Gasteiger charge is -2.16. The van der Waals surface area contributed by atoms with Gasteiger partial charge in [-0.15, -0.1) is 0 Å². The maximum Gasteiger partial charge on any atom is 0.344 e. The maximum atomic E-state index is 12.8. The van der Waals surface area contributed by atoms with Crippen LogP contribution in [0.1, 0.15) is 19.4 Å². The quantitative estimate of drug-likeness (QED) is 0.681. The van der Waals surface area contributed by atoms with Crippen LogP contribution in [0.25, 0.3) is 6.08 Å². The van der Waals surface area contributed by atoms with E-state index in [9.17, 15) is 14.4 Å². The molecule has 2 amide bonds. The highest BCUT2D eigenvalue weighted by molar-refractivity contribution is 8.19. The number of benzene rings is 2.